The third-order valence-electron chi connectivity index (χ3n) is 4.13. The van der Waals surface area contributed by atoms with E-state index < -0.39 is 5.97 Å². The average molecular weight is 292 g/mol. The van der Waals surface area contributed by atoms with Gasteiger partial charge in [-0.25, -0.2) is 4.98 Å². The first-order valence-electron chi connectivity index (χ1n) is 7.43. The molecule has 6 heteroatoms. The van der Waals surface area contributed by atoms with Gasteiger partial charge in [-0.15, -0.1) is 0 Å². The summed E-state index contributed by atoms with van der Waals surface area (Å²) in [4.78, 5) is 15.2. The number of aromatic nitrogens is 1. The first-order chi connectivity index (χ1) is 10.2. The second-order valence-corrected chi connectivity index (χ2v) is 5.61. The molecule has 1 saturated carbocycles. The molecule has 1 aromatic heterocycles. The van der Waals surface area contributed by atoms with Crippen molar-refractivity contribution in [2.45, 2.75) is 38.3 Å². The Morgan fingerprint density at radius 2 is 2.05 bits per heavy atom. The number of nitrogens with one attached hydrogen (secondary N) is 1. The summed E-state index contributed by atoms with van der Waals surface area (Å²) >= 11 is 0. The van der Waals surface area contributed by atoms with Crippen LogP contribution in [0.15, 0.2) is 12.3 Å². The van der Waals surface area contributed by atoms with Crippen LogP contribution in [0.4, 0.5) is 0 Å². The molecule has 114 valence electrons. The lowest BCUT2D eigenvalue weighted by atomic mass is 9.86. The van der Waals surface area contributed by atoms with E-state index >= 15 is 0 Å². The molecule has 21 heavy (non-hydrogen) atoms. The minimum absolute atomic E-state index is 0.168. The molecule has 0 unspecified atom stereocenters. The van der Waals surface area contributed by atoms with E-state index in [-0.39, 0.29) is 5.92 Å². The van der Waals surface area contributed by atoms with Crippen molar-refractivity contribution in [3.63, 3.8) is 0 Å². The van der Waals surface area contributed by atoms with Gasteiger partial charge in [0, 0.05) is 18.8 Å². The summed E-state index contributed by atoms with van der Waals surface area (Å²) < 4.78 is 10.9. The zero-order valence-corrected chi connectivity index (χ0v) is 11.9. The third kappa shape index (κ3) is 3.44. The van der Waals surface area contributed by atoms with Crippen molar-refractivity contribution in [1.29, 1.82) is 0 Å². The molecule has 0 saturated heterocycles. The Morgan fingerprint density at radius 1 is 1.29 bits per heavy atom. The van der Waals surface area contributed by atoms with Crippen LogP contribution < -0.4 is 14.8 Å². The molecule has 3 rings (SSSR count). The number of carbonyl (C=O) groups is 1. The number of hydrogen-bond donors (Lipinski definition) is 2. The smallest absolute Gasteiger partial charge is 0.306 e. The van der Waals surface area contributed by atoms with Crippen LogP contribution in [-0.4, -0.2) is 35.3 Å². The second-order valence-electron chi connectivity index (χ2n) is 5.61. The maximum absolute atomic E-state index is 10.9. The predicted molar refractivity (Wildman–Crippen MR) is 75.4 cm³/mol. The maximum atomic E-state index is 10.9. The van der Waals surface area contributed by atoms with Crippen LogP contribution in [0.2, 0.25) is 0 Å². The highest BCUT2D eigenvalue weighted by Gasteiger charge is 2.25. The number of rotatable bonds is 4. The SMILES string of the molecule is O=C(O)C1CCC(NCc2cnc3c(c2)OCCO3)CC1. The standard InChI is InChI=1S/C15H20N2O4/c18-15(19)11-1-3-12(4-2-11)16-8-10-7-13-14(17-9-10)21-6-5-20-13/h7,9,11-12,16H,1-6,8H2,(H,18,19). The van der Waals surface area contributed by atoms with Crippen molar-refractivity contribution >= 4 is 5.97 Å². The zero-order chi connectivity index (χ0) is 14.7. The molecular formula is C15H20N2O4. The van der Waals surface area contributed by atoms with E-state index in [4.69, 9.17) is 14.6 Å². The van der Waals surface area contributed by atoms with Crippen molar-refractivity contribution < 1.29 is 19.4 Å². The van der Waals surface area contributed by atoms with Crippen molar-refractivity contribution in [1.82, 2.24) is 10.3 Å². The minimum atomic E-state index is -0.663. The van der Waals surface area contributed by atoms with Crippen LogP contribution in [0, 0.1) is 5.92 Å². The molecule has 1 aromatic rings. The molecule has 0 atom stereocenters. The first-order valence-corrected chi connectivity index (χ1v) is 7.43. The lowest BCUT2D eigenvalue weighted by Crippen LogP contribution is -2.34. The molecule has 1 aliphatic heterocycles. The minimum Gasteiger partial charge on any atom is -0.484 e. The van der Waals surface area contributed by atoms with Gasteiger partial charge in [0.05, 0.1) is 5.92 Å². The van der Waals surface area contributed by atoms with Crippen molar-refractivity contribution in [2.24, 2.45) is 5.92 Å². The fourth-order valence-corrected chi connectivity index (χ4v) is 2.88. The van der Waals surface area contributed by atoms with Gasteiger partial charge in [-0.2, -0.15) is 0 Å². The average Bonchev–Trinajstić information content (AvgIpc) is 2.53. The van der Waals surface area contributed by atoms with Crippen LogP contribution in [-0.2, 0) is 11.3 Å². The van der Waals surface area contributed by atoms with Gasteiger partial charge in [-0.1, -0.05) is 0 Å². The molecule has 2 aliphatic rings. The summed E-state index contributed by atoms with van der Waals surface area (Å²) in [6.07, 6.45) is 5.13. The number of ether oxygens (including phenoxy) is 2. The molecule has 0 radical (unpaired) electrons. The van der Waals surface area contributed by atoms with Gasteiger partial charge in [0.2, 0.25) is 0 Å². The number of carboxylic acid groups (broad SMARTS) is 1. The number of nitrogens with zero attached hydrogens (tertiary/aromatic N) is 1. The highest BCUT2D eigenvalue weighted by atomic mass is 16.6. The Kier molecular flexibility index (Phi) is 4.24. The molecule has 0 spiro atoms. The Labute approximate surface area is 123 Å². The largest absolute Gasteiger partial charge is 0.484 e. The summed E-state index contributed by atoms with van der Waals surface area (Å²) in [6, 6.07) is 2.34. The summed E-state index contributed by atoms with van der Waals surface area (Å²) in [5, 5.41) is 12.5. The van der Waals surface area contributed by atoms with E-state index in [9.17, 15) is 4.79 Å². The van der Waals surface area contributed by atoms with E-state index in [0.717, 1.165) is 31.2 Å². The monoisotopic (exact) mass is 292 g/mol. The Hall–Kier alpha value is -1.82. The second kappa shape index (κ2) is 6.30. The summed E-state index contributed by atoms with van der Waals surface area (Å²) in [5.41, 5.74) is 1.06. The van der Waals surface area contributed by atoms with Gasteiger partial charge >= 0.3 is 5.97 Å². The van der Waals surface area contributed by atoms with E-state index in [1.807, 2.05) is 6.07 Å². The van der Waals surface area contributed by atoms with Gasteiger partial charge < -0.3 is 19.9 Å². The van der Waals surface area contributed by atoms with Crippen molar-refractivity contribution in [3.05, 3.63) is 17.8 Å². The summed E-state index contributed by atoms with van der Waals surface area (Å²) in [5.74, 6) is 0.436. The van der Waals surface area contributed by atoms with E-state index in [0.29, 0.717) is 37.4 Å². The van der Waals surface area contributed by atoms with Crippen LogP contribution >= 0.6 is 0 Å². The molecule has 0 amide bonds. The molecule has 0 aromatic carbocycles. The maximum Gasteiger partial charge on any atom is 0.306 e. The molecule has 1 aliphatic carbocycles. The van der Waals surface area contributed by atoms with Crippen LogP contribution in [0.5, 0.6) is 11.6 Å². The summed E-state index contributed by atoms with van der Waals surface area (Å²) in [6.45, 7) is 1.82. The molecular weight excluding hydrogens is 272 g/mol. The van der Waals surface area contributed by atoms with E-state index in [2.05, 4.69) is 10.3 Å². The fraction of sp³-hybridized carbons (Fsp3) is 0.600. The quantitative estimate of drug-likeness (QED) is 0.877. The van der Waals surface area contributed by atoms with Gasteiger partial charge in [-0.3, -0.25) is 4.79 Å². The molecule has 6 nitrogen and oxygen atoms in total. The van der Waals surface area contributed by atoms with Gasteiger partial charge in [0.1, 0.15) is 13.2 Å². The number of carboxylic acids is 1. The predicted octanol–water partition coefficient (Wildman–Crippen LogP) is 1.59. The van der Waals surface area contributed by atoms with Crippen molar-refractivity contribution in [2.75, 3.05) is 13.2 Å². The van der Waals surface area contributed by atoms with E-state index in [1.165, 1.54) is 0 Å². The van der Waals surface area contributed by atoms with Crippen molar-refractivity contribution in [3.8, 4) is 11.6 Å². The molecule has 1 fully saturated rings. The van der Waals surface area contributed by atoms with Gasteiger partial charge in [-0.05, 0) is 37.3 Å². The summed E-state index contributed by atoms with van der Waals surface area (Å²) in [7, 11) is 0. The third-order valence-corrected chi connectivity index (χ3v) is 4.13. The Morgan fingerprint density at radius 3 is 2.81 bits per heavy atom. The Balaban J connectivity index is 1.50. The molecule has 2 N–H and O–H groups in total. The van der Waals surface area contributed by atoms with Crippen LogP contribution in [0.3, 0.4) is 0 Å². The van der Waals surface area contributed by atoms with Gasteiger partial charge in [0.25, 0.3) is 5.88 Å². The first kappa shape index (κ1) is 14.1. The zero-order valence-electron chi connectivity index (χ0n) is 11.9. The molecule has 2 heterocycles. The number of fused-ring (bicyclic) bond motifs is 1. The van der Waals surface area contributed by atoms with E-state index in [1.54, 1.807) is 6.20 Å². The molecule has 0 bridgehead atoms. The highest BCUT2D eigenvalue weighted by Crippen LogP contribution is 2.28. The normalized spacial score (nSPS) is 24.6. The topological polar surface area (TPSA) is 80.7 Å². The fourth-order valence-electron chi connectivity index (χ4n) is 2.88. The lowest BCUT2D eigenvalue weighted by Gasteiger charge is -2.27. The number of aliphatic carboxylic acids is 1. The van der Waals surface area contributed by atoms with Gasteiger partial charge in [0.15, 0.2) is 5.75 Å². The number of pyridine rings is 1. The Bertz CT molecular complexity index is 512. The lowest BCUT2D eigenvalue weighted by molar-refractivity contribution is -0.142. The number of hydrogen-bond acceptors (Lipinski definition) is 5. The highest BCUT2D eigenvalue weighted by molar-refractivity contribution is 5.70. The van der Waals surface area contributed by atoms with Crippen LogP contribution in [0.25, 0.3) is 0 Å². The van der Waals surface area contributed by atoms with Crippen LogP contribution in [0.1, 0.15) is 31.2 Å².